The second-order valence-electron chi connectivity index (χ2n) is 6.02. The fourth-order valence-corrected chi connectivity index (χ4v) is 3.31. The molecule has 3 nitrogen and oxygen atoms in total. The molecular formula is C14H25N3S. The standard InChI is InChI=1S/C14H25N3S/c1-5-11-12(10-15-14(2,3)4)18-13(16-11)17-8-6-7-9-17/h15H,5-10H2,1-4H3. The fourth-order valence-electron chi connectivity index (χ4n) is 2.17. The lowest BCUT2D eigenvalue weighted by Crippen LogP contribution is -2.35. The molecule has 4 heteroatoms. The van der Waals surface area contributed by atoms with E-state index in [1.54, 1.807) is 0 Å². The van der Waals surface area contributed by atoms with Crippen molar-refractivity contribution in [2.24, 2.45) is 0 Å². The van der Waals surface area contributed by atoms with Crippen molar-refractivity contribution in [1.82, 2.24) is 10.3 Å². The zero-order valence-electron chi connectivity index (χ0n) is 12.0. The first-order chi connectivity index (χ1) is 8.49. The van der Waals surface area contributed by atoms with Gasteiger partial charge in [0.2, 0.25) is 0 Å². The average molecular weight is 267 g/mol. The number of nitrogens with zero attached hydrogens (tertiary/aromatic N) is 2. The smallest absolute Gasteiger partial charge is 0.185 e. The first-order valence-electron chi connectivity index (χ1n) is 6.98. The van der Waals surface area contributed by atoms with Crippen molar-refractivity contribution in [2.75, 3.05) is 18.0 Å². The Kier molecular flexibility index (Phi) is 4.28. The number of rotatable bonds is 4. The summed E-state index contributed by atoms with van der Waals surface area (Å²) in [7, 11) is 0. The molecule has 0 aromatic carbocycles. The molecule has 0 bridgehead atoms. The summed E-state index contributed by atoms with van der Waals surface area (Å²) in [5, 5.41) is 4.80. The van der Waals surface area contributed by atoms with Crippen LogP contribution in [0.2, 0.25) is 0 Å². The number of thiazole rings is 1. The summed E-state index contributed by atoms with van der Waals surface area (Å²) in [6.07, 6.45) is 3.67. The molecule has 1 aromatic heterocycles. The van der Waals surface area contributed by atoms with Crippen molar-refractivity contribution in [1.29, 1.82) is 0 Å². The quantitative estimate of drug-likeness (QED) is 0.908. The maximum Gasteiger partial charge on any atom is 0.185 e. The molecule has 2 heterocycles. The maximum absolute atomic E-state index is 4.82. The van der Waals surface area contributed by atoms with Crippen LogP contribution < -0.4 is 10.2 Å². The van der Waals surface area contributed by atoms with Crippen molar-refractivity contribution >= 4 is 16.5 Å². The minimum absolute atomic E-state index is 0.169. The molecule has 1 aliphatic heterocycles. The molecule has 0 saturated carbocycles. The predicted octanol–water partition coefficient (Wildman–Crippen LogP) is 3.19. The van der Waals surface area contributed by atoms with Crippen LogP contribution in [0.5, 0.6) is 0 Å². The molecule has 2 rings (SSSR count). The van der Waals surface area contributed by atoms with Crippen LogP contribution in [0.3, 0.4) is 0 Å². The van der Waals surface area contributed by atoms with E-state index in [4.69, 9.17) is 4.98 Å². The second-order valence-corrected chi connectivity index (χ2v) is 7.08. The van der Waals surface area contributed by atoms with E-state index in [0.717, 1.165) is 13.0 Å². The summed E-state index contributed by atoms with van der Waals surface area (Å²) >= 11 is 1.87. The molecular weight excluding hydrogens is 242 g/mol. The molecule has 1 saturated heterocycles. The van der Waals surface area contributed by atoms with Gasteiger partial charge < -0.3 is 10.2 Å². The maximum atomic E-state index is 4.82. The molecule has 1 N–H and O–H groups in total. The van der Waals surface area contributed by atoms with Gasteiger partial charge in [0.1, 0.15) is 0 Å². The summed E-state index contributed by atoms with van der Waals surface area (Å²) in [4.78, 5) is 8.66. The minimum atomic E-state index is 0.169. The Labute approximate surface area is 115 Å². The van der Waals surface area contributed by atoms with Gasteiger partial charge in [-0.15, -0.1) is 11.3 Å². The van der Waals surface area contributed by atoms with Crippen LogP contribution in [0.4, 0.5) is 5.13 Å². The Morgan fingerprint density at radius 1 is 1.28 bits per heavy atom. The highest BCUT2D eigenvalue weighted by Crippen LogP contribution is 2.29. The zero-order valence-corrected chi connectivity index (χ0v) is 12.9. The molecule has 0 radical (unpaired) electrons. The van der Waals surface area contributed by atoms with E-state index in [-0.39, 0.29) is 5.54 Å². The lowest BCUT2D eigenvalue weighted by atomic mass is 10.1. The SMILES string of the molecule is CCc1nc(N2CCCC2)sc1CNC(C)(C)C. The molecule has 1 fully saturated rings. The monoisotopic (exact) mass is 267 g/mol. The topological polar surface area (TPSA) is 28.2 Å². The molecule has 0 amide bonds. The van der Waals surface area contributed by atoms with E-state index in [1.807, 2.05) is 11.3 Å². The molecule has 18 heavy (non-hydrogen) atoms. The highest BCUT2D eigenvalue weighted by molar-refractivity contribution is 7.15. The van der Waals surface area contributed by atoms with Gasteiger partial charge in [-0.25, -0.2) is 4.98 Å². The Bertz CT molecular complexity index is 386. The van der Waals surface area contributed by atoms with E-state index in [0.29, 0.717) is 0 Å². The van der Waals surface area contributed by atoms with Crippen LogP contribution in [0, 0.1) is 0 Å². The van der Waals surface area contributed by atoms with Gasteiger partial charge in [-0.2, -0.15) is 0 Å². The van der Waals surface area contributed by atoms with Gasteiger partial charge in [0.15, 0.2) is 5.13 Å². The molecule has 1 aliphatic rings. The summed E-state index contributed by atoms with van der Waals surface area (Å²) in [6, 6.07) is 0. The zero-order chi connectivity index (χ0) is 13.2. The molecule has 102 valence electrons. The van der Waals surface area contributed by atoms with E-state index in [2.05, 4.69) is 37.9 Å². The fraction of sp³-hybridized carbons (Fsp3) is 0.786. The molecule has 0 aliphatic carbocycles. The van der Waals surface area contributed by atoms with Crippen molar-refractivity contribution in [2.45, 2.75) is 59.0 Å². The summed E-state index contributed by atoms with van der Waals surface area (Å²) < 4.78 is 0. The predicted molar refractivity (Wildman–Crippen MR) is 79.5 cm³/mol. The average Bonchev–Trinajstić information content (AvgIpc) is 2.94. The number of aryl methyl sites for hydroxylation is 1. The Hall–Kier alpha value is -0.610. The number of aromatic nitrogens is 1. The third kappa shape index (κ3) is 3.45. The van der Waals surface area contributed by atoms with Gasteiger partial charge in [0, 0.05) is 30.1 Å². The summed E-state index contributed by atoms with van der Waals surface area (Å²) in [5.41, 5.74) is 1.45. The summed E-state index contributed by atoms with van der Waals surface area (Å²) in [5.74, 6) is 0. The van der Waals surface area contributed by atoms with Crippen LogP contribution in [0.25, 0.3) is 0 Å². The van der Waals surface area contributed by atoms with Crippen molar-refractivity contribution in [3.8, 4) is 0 Å². The van der Waals surface area contributed by atoms with Gasteiger partial charge in [0.25, 0.3) is 0 Å². The number of nitrogens with one attached hydrogen (secondary N) is 1. The van der Waals surface area contributed by atoms with Crippen LogP contribution >= 0.6 is 11.3 Å². The van der Waals surface area contributed by atoms with Crippen molar-refractivity contribution in [3.63, 3.8) is 0 Å². The lowest BCUT2D eigenvalue weighted by Gasteiger charge is -2.20. The highest BCUT2D eigenvalue weighted by Gasteiger charge is 2.19. The largest absolute Gasteiger partial charge is 0.348 e. The first-order valence-corrected chi connectivity index (χ1v) is 7.80. The minimum Gasteiger partial charge on any atom is -0.348 e. The number of hydrogen-bond donors (Lipinski definition) is 1. The Morgan fingerprint density at radius 3 is 2.50 bits per heavy atom. The van der Waals surface area contributed by atoms with Crippen LogP contribution in [-0.2, 0) is 13.0 Å². The lowest BCUT2D eigenvalue weighted by molar-refractivity contribution is 0.425. The van der Waals surface area contributed by atoms with E-state index >= 15 is 0 Å². The van der Waals surface area contributed by atoms with Crippen molar-refractivity contribution < 1.29 is 0 Å². The first kappa shape index (κ1) is 13.8. The molecule has 0 spiro atoms. The summed E-state index contributed by atoms with van der Waals surface area (Å²) in [6.45, 7) is 12.1. The van der Waals surface area contributed by atoms with Crippen molar-refractivity contribution in [3.05, 3.63) is 10.6 Å². The highest BCUT2D eigenvalue weighted by atomic mass is 32.1. The Balaban J connectivity index is 2.08. The number of anilines is 1. The van der Waals surface area contributed by atoms with Gasteiger partial charge in [-0.05, 0) is 40.0 Å². The van der Waals surface area contributed by atoms with Gasteiger partial charge in [-0.3, -0.25) is 0 Å². The molecule has 1 aromatic rings. The molecule has 0 atom stereocenters. The van der Waals surface area contributed by atoms with Crippen LogP contribution in [0.15, 0.2) is 0 Å². The van der Waals surface area contributed by atoms with Crippen LogP contribution in [0.1, 0.15) is 51.1 Å². The normalized spacial score (nSPS) is 16.6. The van der Waals surface area contributed by atoms with Crippen LogP contribution in [-0.4, -0.2) is 23.6 Å². The van der Waals surface area contributed by atoms with E-state index < -0.39 is 0 Å². The Morgan fingerprint density at radius 2 is 1.94 bits per heavy atom. The van der Waals surface area contributed by atoms with E-state index in [9.17, 15) is 0 Å². The third-order valence-corrected chi connectivity index (χ3v) is 4.42. The van der Waals surface area contributed by atoms with Gasteiger partial charge >= 0.3 is 0 Å². The van der Waals surface area contributed by atoms with Gasteiger partial charge in [0.05, 0.1) is 5.69 Å². The third-order valence-electron chi connectivity index (χ3n) is 3.26. The van der Waals surface area contributed by atoms with E-state index in [1.165, 1.54) is 41.6 Å². The number of hydrogen-bond acceptors (Lipinski definition) is 4. The molecule has 0 unspecified atom stereocenters. The second kappa shape index (κ2) is 5.57. The van der Waals surface area contributed by atoms with Gasteiger partial charge in [-0.1, -0.05) is 6.92 Å².